The summed E-state index contributed by atoms with van der Waals surface area (Å²) in [6.07, 6.45) is 3.40. The first-order chi connectivity index (χ1) is 12.0. The number of nitrogens with zero attached hydrogens (tertiary/aromatic N) is 3. The summed E-state index contributed by atoms with van der Waals surface area (Å²) in [6, 6.07) is 9.91. The van der Waals surface area contributed by atoms with Crippen LogP contribution >= 0.6 is 22.9 Å². The molecule has 3 heterocycles. The van der Waals surface area contributed by atoms with Crippen LogP contribution in [-0.2, 0) is 0 Å². The Hall–Kier alpha value is -2.77. The molecule has 4 rings (SSSR count). The van der Waals surface area contributed by atoms with Gasteiger partial charge in [0, 0.05) is 17.3 Å². The molecule has 0 saturated heterocycles. The van der Waals surface area contributed by atoms with Crippen molar-refractivity contribution in [3.05, 3.63) is 64.0 Å². The van der Waals surface area contributed by atoms with Gasteiger partial charge >= 0.3 is 5.97 Å². The van der Waals surface area contributed by atoms with E-state index < -0.39 is 5.97 Å². The van der Waals surface area contributed by atoms with Gasteiger partial charge in [-0.15, -0.1) is 0 Å². The van der Waals surface area contributed by atoms with E-state index in [2.05, 4.69) is 10.1 Å². The van der Waals surface area contributed by atoms with Gasteiger partial charge in [0.1, 0.15) is 15.8 Å². The van der Waals surface area contributed by atoms with Gasteiger partial charge in [0.25, 0.3) is 0 Å². The number of aromatic nitrogens is 3. The summed E-state index contributed by atoms with van der Waals surface area (Å²) in [5.74, 6) is -1.41. The van der Waals surface area contributed by atoms with Crippen LogP contribution in [0.15, 0.2) is 48.8 Å². The number of thiazole rings is 1. The van der Waals surface area contributed by atoms with Gasteiger partial charge in [-0.1, -0.05) is 41.1 Å². The second-order valence-electron chi connectivity index (χ2n) is 5.26. The summed E-state index contributed by atoms with van der Waals surface area (Å²) in [6.45, 7) is 0. The predicted octanol–water partition coefficient (Wildman–Crippen LogP) is 4.62. The maximum Gasteiger partial charge on any atom is 0.365 e. The van der Waals surface area contributed by atoms with Crippen molar-refractivity contribution in [3.63, 3.8) is 0 Å². The number of carbonyl (C=O) groups is 1. The minimum absolute atomic E-state index is 0.0673. The van der Waals surface area contributed by atoms with Gasteiger partial charge in [0.05, 0.1) is 11.7 Å². The first-order valence-electron chi connectivity index (χ1n) is 7.16. The molecule has 8 heteroatoms. The van der Waals surface area contributed by atoms with Crippen molar-refractivity contribution in [1.82, 2.24) is 14.6 Å². The number of hydrogen-bond donors (Lipinski definition) is 1. The topological polar surface area (TPSA) is 67.5 Å². The number of benzene rings is 1. The SMILES string of the molecule is O=C(O)c1nc(-c2cnn3cc(-c4ccc(F)cc4)ccc23)c(Cl)s1. The number of carboxylic acid groups (broad SMARTS) is 1. The second-order valence-corrected chi connectivity index (χ2v) is 6.86. The van der Waals surface area contributed by atoms with E-state index in [1.807, 2.05) is 18.3 Å². The Balaban J connectivity index is 1.80. The fourth-order valence-corrected chi connectivity index (χ4v) is 3.55. The van der Waals surface area contributed by atoms with E-state index in [-0.39, 0.29) is 10.8 Å². The molecule has 1 aromatic carbocycles. The molecule has 0 bridgehead atoms. The van der Waals surface area contributed by atoms with Crippen LogP contribution in [0, 0.1) is 5.82 Å². The van der Waals surface area contributed by atoms with E-state index in [4.69, 9.17) is 16.7 Å². The standard InChI is InChI=1S/C17H9ClFN3O2S/c18-15-14(21-16(25-15)17(23)24)12-7-20-22-8-10(3-6-13(12)22)9-1-4-11(19)5-2-9/h1-8H,(H,23,24). The summed E-state index contributed by atoms with van der Waals surface area (Å²) in [5.41, 5.74) is 3.53. The Morgan fingerprint density at radius 3 is 2.56 bits per heavy atom. The molecule has 0 amide bonds. The Morgan fingerprint density at radius 2 is 1.88 bits per heavy atom. The van der Waals surface area contributed by atoms with E-state index in [0.717, 1.165) is 28.0 Å². The molecule has 5 nitrogen and oxygen atoms in total. The van der Waals surface area contributed by atoms with Crippen LogP contribution in [0.4, 0.5) is 4.39 Å². The van der Waals surface area contributed by atoms with Gasteiger partial charge in [0.15, 0.2) is 0 Å². The third kappa shape index (κ3) is 2.77. The minimum atomic E-state index is -1.12. The summed E-state index contributed by atoms with van der Waals surface area (Å²) in [7, 11) is 0. The van der Waals surface area contributed by atoms with Gasteiger partial charge < -0.3 is 5.11 Å². The summed E-state index contributed by atoms with van der Waals surface area (Å²) >= 11 is 7.06. The average Bonchev–Trinajstić information content (AvgIpc) is 3.18. The van der Waals surface area contributed by atoms with Crippen molar-refractivity contribution in [1.29, 1.82) is 0 Å². The van der Waals surface area contributed by atoms with Gasteiger partial charge in [-0.3, -0.25) is 0 Å². The van der Waals surface area contributed by atoms with Crippen molar-refractivity contribution in [2.24, 2.45) is 0 Å². The van der Waals surface area contributed by atoms with Crippen molar-refractivity contribution in [3.8, 4) is 22.4 Å². The average molecular weight is 374 g/mol. The molecular formula is C17H9ClFN3O2S. The van der Waals surface area contributed by atoms with Crippen molar-refractivity contribution in [2.75, 3.05) is 0 Å². The third-order valence-electron chi connectivity index (χ3n) is 3.72. The molecule has 0 radical (unpaired) electrons. The lowest BCUT2D eigenvalue weighted by atomic mass is 10.1. The van der Waals surface area contributed by atoms with Crippen LogP contribution in [0.3, 0.4) is 0 Å². The lowest BCUT2D eigenvalue weighted by Gasteiger charge is -2.03. The molecule has 0 atom stereocenters. The Labute approximate surface area is 150 Å². The Kier molecular flexibility index (Phi) is 3.74. The predicted molar refractivity (Wildman–Crippen MR) is 93.7 cm³/mol. The number of halogens is 2. The van der Waals surface area contributed by atoms with Gasteiger partial charge in [-0.2, -0.15) is 5.10 Å². The summed E-state index contributed by atoms with van der Waals surface area (Å²) < 4.78 is 15.0. The summed E-state index contributed by atoms with van der Waals surface area (Å²) in [5, 5.41) is 13.3. The fraction of sp³-hybridized carbons (Fsp3) is 0. The molecule has 25 heavy (non-hydrogen) atoms. The van der Waals surface area contributed by atoms with Gasteiger partial charge in [-0.05, 0) is 23.8 Å². The quantitative estimate of drug-likeness (QED) is 0.569. The molecule has 0 fully saturated rings. The van der Waals surface area contributed by atoms with Crippen molar-refractivity contribution in [2.45, 2.75) is 0 Å². The molecule has 1 N–H and O–H groups in total. The fourth-order valence-electron chi connectivity index (χ4n) is 2.54. The number of hydrogen-bond acceptors (Lipinski definition) is 4. The molecule has 124 valence electrons. The van der Waals surface area contributed by atoms with E-state index >= 15 is 0 Å². The first kappa shape index (κ1) is 15.7. The molecule has 0 aliphatic carbocycles. The van der Waals surface area contributed by atoms with E-state index in [9.17, 15) is 9.18 Å². The molecule has 3 aromatic heterocycles. The molecule has 0 unspecified atom stereocenters. The number of fused-ring (bicyclic) bond motifs is 1. The summed E-state index contributed by atoms with van der Waals surface area (Å²) in [4.78, 5) is 15.2. The highest BCUT2D eigenvalue weighted by Crippen LogP contribution is 2.35. The van der Waals surface area contributed by atoms with Crippen LogP contribution in [0.25, 0.3) is 27.9 Å². The minimum Gasteiger partial charge on any atom is -0.476 e. The monoisotopic (exact) mass is 373 g/mol. The van der Waals surface area contributed by atoms with E-state index in [1.54, 1.807) is 22.8 Å². The second kappa shape index (κ2) is 5.94. The number of rotatable bonds is 3. The zero-order valence-corrected chi connectivity index (χ0v) is 14.1. The molecule has 0 aliphatic rings. The first-order valence-corrected chi connectivity index (χ1v) is 8.36. The highest BCUT2D eigenvalue weighted by atomic mass is 35.5. The van der Waals surface area contributed by atoms with Crippen LogP contribution in [0.5, 0.6) is 0 Å². The maximum atomic E-state index is 13.1. The van der Waals surface area contributed by atoms with Gasteiger partial charge in [0.2, 0.25) is 5.01 Å². The van der Waals surface area contributed by atoms with Crippen LogP contribution < -0.4 is 0 Å². The number of pyridine rings is 1. The number of aromatic carboxylic acids is 1. The highest BCUT2D eigenvalue weighted by Gasteiger charge is 2.19. The van der Waals surface area contributed by atoms with Crippen molar-refractivity contribution >= 4 is 34.4 Å². The van der Waals surface area contributed by atoms with Gasteiger partial charge in [-0.25, -0.2) is 18.7 Å². The maximum absolute atomic E-state index is 13.1. The zero-order valence-electron chi connectivity index (χ0n) is 12.5. The third-order valence-corrected chi connectivity index (χ3v) is 4.96. The van der Waals surface area contributed by atoms with Crippen LogP contribution in [-0.4, -0.2) is 25.7 Å². The van der Waals surface area contributed by atoms with E-state index in [0.29, 0.717) is 15.6 Å². The van der Waals surface area contributed by atoms with Crippen molar-refractivity contribution < 1.29 is 14.3 Å². The van der Waals surface area contributed by atoms with Crippen LogP contribution in [0.2, 0.25) is 4.34 Å². The Bertz CT molecular complexity index is 1100. The zero-order chi connectivity index (χ0) is 17.6. The highest BCUT2D eigenvalue weighted by molar-refractivity contribution is 7.18. The normalized spacial score (nSPS) is 11.1. The van der Waals surface area contributed by atoms with E-state index in [1.165, 1.54) is 12.1 Å². The molecule has 0 aliphatic heterocycles. The largest absolute Gasteiger partial charge is 0.476 e. The lowest BCUT2D eigenvalue weighted by molar-refractivity contribution is 0.0696. The van der Waals surface area contributed by atoms with Crippen LogP contribution in [0.1, 0.15) is 9.80 Å². The molecule has 0 spiro atoms. The Morgan fingerprint density at radius 1 is 1.16 bits per heavy atom. The number of carboxylic acids is 1. The molecule has 0 saturated carbocycles. The molecule has 4 aromatic rings. The molecular weight excluding hydrogens is 365 g/mol. The lowest BCUT2D eigenvalue weighted by Crippen LogP contribution is -1.94. The smallest absolute Gasteiger partial charge is 0.365 e.